The molecule has 2 N–H and O–H groups in total. The summed E-state index contributed by atoms with van der Waals surface area (Å²) in [6, 6.07) is 22.6. The van der Waals surface area contributed by atoms with Crippen LogP contribution in [0.3, 0.4) is 0 Å². The van der Waals surface area contributed by atoms with Crippen molar-refractivity contribution < 1.29 is 9.53 Å². The van der Waals surface area contributed by atoms with Crippen molar-refractivity contribution in [2.45, 2.75) is 13.5 Å². The number of nitrogens with one attached hydrogen (secondary N) is 2. The normalized spacial score (nSPS) is 10.2. The third kappa shape index (κ3) is 5.65. The number of carbonyl (C=O) groups is 1. The molecule has 3 aromatic carbocycles. The van der Waals surface area contributed by atoms with Gasteiger partial charge >= 0.3 is 0 Å². The molecule has 1 amide bonds. The van der Waals surface area contributed by atoms with E-state index >= 15 is 0 Å². The van der Waals surface area contributed by atoms with Crippen LogP contribution in [0.25, 0.3) is 0 Å². The Bertz CT molecular complexity index is 976. The molecule has 0 aliphatic rings. The van der Waals surface area contributed by atoms with E-state index in [-0.39, 0.29) is 11.0 Å². The van der Waals surface area contributed by atoms with Crippen LogP contribution in [0, 0.1) is 6.92 Å². The zero-order valence-corrected chi connectivity index (χ0v) is 17.6. The molecule has 3 rings (SSSR count). The topological polar surface area (TPSA) is 50.4 Å². The molecule has 0 heterocycles. The highest BCUT2D eigenvalue weighted by Gasteiger charge is 2.09. The van der Waals surface area contributed by atoms with Crippen LogP contribution < -0.4 is 15.4 Å². The van der Waals surface area contributed by atoms with Crippen LogP contribution in [0.2, 0.25) is 0 Å². The Morgan fingerprint density at radius 1 is 1.04 bits per heavy atom. The molecule has 4 nitrogen and oxygen atoms in total. The molecule has 0 spiro atoms. The van der Waals surface area contributed by atoms with E-state index in [1.807, 2.05) is 55.5 Å². The molecule has 0 saturated heterocycles. The van der Waals surface area contributed by atoms with Gasteiger partial charge in [0.1, 0.15) is 12.4 Å². The van der Waals surface area contributed by atoms with Gasteiger partial charge < -0.3 is 10.1 Å². The fraction of sp³-hybridized carbons (Fsp3) is 0.0909. The van der Waals surface area contributed by atoms with E-state index in [0.717, 1.165) is 21.3 Å². The number of amides is 1. The summed E-state index contributed by atoms with van der Waals surface area (Å²) in [5.74, 6) is 0.424. The van der Waals surface area contributed by atoms with Gasteiger partial charge in [0.2, 0.25) is 0 Å². The van der Waals surface area contributed by atoms with Gasteiger partial charge in [-0.05, 0) is 72.7 Å². The first kappa shape index (κ1) is 20.0. The molecule has 0 saturated carbocycles. The number of ether oxygens (including phenoxy) is 1. The van der Waals surface area contributed by atoms with Crippen molar-refractivity contribution in [3.05, 3.63) is 94.0 Å². The first-order valence-corrected chi connectivity index (χ1v) is 9.86. The number of hydrogen-bond donors (Lipinski definition) is 2. The summed E-state index contributed by atoms with van der Waals surface area (Å²) < 4.78 is 6.75. The lowest BCUT2D eigenvalue weighted by molar-refractivity contribution is 0.0977. The molecule has 0 atom stereocenters. The van der Waals surface area contributed by atoms with Crippen LogP contribution in [0.1, 0.15) is 21.5 Å². The molecule has 0 unspecified atom stereocenters. The Morgan fingerprint density at radius 3 is 2.43 bits per heavy atom. The van der Waals surface area contributed by atoms with Gasteiger partial charge in [0.25, 0.3) is 5.91 Å². The van der Waals surface area contributed by atoms with Gasteiger partial charge in [-0.2, -0.15) is 0 Å². The van der Waals surface area contributed by atoms with E-state index in [0.29, 0.717) is 17.9 Å². The van der Waals surface area contributed by atoms with Crippen molar-refractivity contribution in [2.24, 2.45) is 0 Å². The van der Waals surface area contributed by atoms with Crippen molar-refractivity contribution >= 4 is 44.9 Å². The molecular weight excluding hydrogens is 436 g/mol. The van der Waals surface area contributed by atoms with Crippen LogP contribution in [0.4, 0.5) is 5.69 Å². The molecule has 0 aliphatic heterocycles. The summed E-state index contributed by atoms with van der Waals surface area (Å²) in [5, 5.41) is 5.95. The number of halogens is 1. The minimum Gasteiger partial charge on any atom is -0.489 e. The summed E-state index contributed by atoms with van der Waals surface area (Å²) in [4.78, 5) is 12.4. The van der Waals surface area contributed by atoms with Crippen LogP contribution in [0.15, 0.2) is 77.3 Å². The van der Waals surface area contributed by atoms with Gasteiger partial charge in [-0.1, -0.05) is 46.3 Å². The van der Waals surface area contributed by atoms with E-state index in [2.05, 4.69) is 26.6 Å². The standard InChI is InChI=1S/C22H19BrN2O2S/c1-15-13-18(9-12-20(15)23)24-22(28)25-21(26)17-7-10-19(11-8-17)27-14-16-5-3-2-4-6-16/h2-13H,14H2,1H3,(H2,24,25,26,28). The number of anilines is 1. The Balaban J connectivity index is 1.53. The summed E-state index contributed by atoms with van der Waals surface area (Å²) in [6.45, 7) is 2.46. The third-order valence-corrected chi connectivity index (χ3v) is 5.10. The van der Waals surface area contributed by atoms with Gasteiger partial charge in [0, 0.05) is 15.7 Å². The van der Waals surface area contributed by atoms with Crippen molar-refractivity contribution in [3.63, 3.8) is 0 Å². The van der Waals surface area contributed by atoms with Crippen LogP contribution >= 0.6 is 28.1 Å². The second-order valence-electron chi connectivity index (χ2n) is 6.17. The fourth-order valence-electron chi connectivity index (χ4n) is 2.50. The lowest BCUT2D eigenvalue weighted by Crippen LogP contribution is -2.34. The van der Waals surface area contributed by atoms with E-state index in [9.17, 15) is 4.79 Å². The second-order valence-corrected chi connectivity index (χ2v) is 7.43. The number of benzene rings is 3. The van der Waals surface area contributed by atoms with Gasteiger partial charge in [-0.15, -0.1) is 0 Å². The minimum absolute atomic E-state index is 0.246. The Morgan fingerprint density at radius 2 is 1.75 bits per heavy atom. The van der Waals surface area contributed by atoms with Gasteiger partial charge in [-0.25, -0.2) is 0 Å². The summed E-state index contributed by atoms with van der Waals surface area (Å²) in [7, 11) is 0. The van der Waals surface area contributed by atoms with E-state index in [4.69, 9.17) is 17.0 Å². The molecular formula is C22H19BrN2O2S. The van der Waals surface area contributed by atoms with Crippen molar-refractivity contribution in [1.29, 1.82) is 0 Å². The van der Waals surface area contributed by atoms with Gasteiger partial charge in [0.05, 0.1) is 0 Å². The Labute approximate surface area is 178 Å². The summed E-state index contributed by atoms with van der Waals surface area (Å²) in [6.07, 6.45) is 0. The maximum atomic E-state index is 12.4. The third-order valence-electron chi connectivity index (χ3n) is 4.01. The SMILES string of the molecule is Cc1cc(NC(=S)NC(=O)c2ccc(OCc3ccccc3)cc2)ccc1Br. The highest BCUT2D eigenvalue weighted by molar-refractivity contribution is 9.10. The maximum absolute atomic E-state index is 12.4. The largest absolute Gasteiger partial charge is 0.489 e. The number of hydrogen-bond acceptors (Lipinski definition) is 3. The predicted octanol–water partition coefficient (Wildman–Crippen LogP) is 5.46. The Kier molecular flexibility index (Phi) is 6.79. The molecule has 0 aliphatic carbocycles. The minimum atomic E-state index is -0.277. The fourth-order valence-corrected chi connectivity index (χ4v) is 2.96. The molecule has 6 heteroatoms. The van der Waals surface area contributed by atoms with E-state index in [1.165, 1.54) is 0 Å². The Hall–Kier alpha value is -2.70. The van der Waals surface area contributed by atoms with Crippen molar-refractivity contribution in [3.8, 4) is 5.75 Å². The van der Waals surface area contributed by atoms with Crippen molar-refractivity contribution in [2.75, 3.05) is 5.32 Å². The predicted molar refractivity (Wildman–Crippen MR) is 120 cm³/mol. The van der Waals surface area contributed by atoms with Crippen LogP contribution in [-0.2, 0) is 6.61 Å². The second kappa shape index (κ2) is 9.48. The average Bonchev–Trinajstić information content (AvgIpc) is 2.70. The number of rotatable bonds is 5. The number of thiocarbonyl (C=S) groups is 1. The van der Waals surface area contributed by atoms with E-state index in [1.54, 1.807) is 24.3 Å². The van der Waals surface area contributed by atoms with Crippen LogP contribution in [0.5, 0.6) is 5.75 Å². The molecule has 28 heavy (non-hydrogen) atoms. The summed E-state index contributed by atoms with van der Waals surface area (Å²) >= 11 is 8.69. The average molecular weight is 455 g/mol. The molecule has 0 fully saturated rings. The van der Waals surface area contributed by atoms with E-state index < -0.39 is 0 Å². The number of carbonyl (C=O) groups excluding carboxylic acids is 1. The van der Waals surface area contributed by atoms with Gasteiger partial charge in [0.15, 0.2) is 5.11 Å². The number of aryl methyl sites for hydroxylation is 1. The quantitative estimate of drug-likeness (QED) is 0.502. The monoisotopic (exact) mass is 454 g/mol. The lowest BCUT2D eigenvalue weighted by Gasteiger charge is -2.11. The maximum Gasteiger partial charge on any atom is 0.257 e. The molecule has 0 radical (unpaired) electrons. The van der Waals surface area contributed by atoms with Gasteiger partial charge in [-0.3, -0.25) is 10.1 Å². The zero-order chi connectivity index (χ0) is 19.9. The molecule has 142 valence electrons. The molecule has 0 aromatic heterocycles. The van der Waals surface area contributed by atoms with Crippen molar-refractivity contribution in [1.82, 2.24) is 5.32 Å². The first-order valence-electron chi connectivity index (χ1n) is 8.66. The molecule has 3 aromatic rings. The van der Waals surface area contributed by atoms with Crippen LogP contribution in [-0.4, -0.2) is 11.0 Å². The zero-order valence-electron chi connectivity index (χ0n) is 15.2. The first-order chi connectivity index (χ1) is 13.5. The summed E-state index contributed by atoms with van der Waals surface area (Å²) in [5.41, 5.74) is 3.48. The molecule has 0 bridgehead atoms. The lowest BCUT2D eigenvalue weighted by atomic mass is 10.2. The highest BCUT2D eigenvalue weighted by atomic mass is 79.9. The highest BCUT2D eigenvalue weighted by Crippen LogP contribution is 2.20. The smallest absolute Gasteiger partial charge is 0.257 e.